The van der Waals surface area contributed by atoms with Crippen LogP contribution in [0, 0.1) is 0 Å². The van der Waals surface area contributed by atoms with Gasteiger partial charge in [0.1, 0.15) is 0 Å². The lowest BCUT2D eigenvalue weighted by Gasteiger charge is -2.15. The molecule has 0 heteroatoms. The van der Waals surface area contributed by atoms with Gasteiger partial charge in [-0.25, -0.2) is 0 Å². The van der Waals surface area contributed by atoms with Gasteiger partial charge >= 0.3 is 0 Å². The summed E-state index contributed by atoms with van der Waals surface area (Å²) in [6, 6.07) is 6.95. The maximum absolute atomic E-state index is 2.39. The van der Waals surface area contributed by atoms with Gasteiger partial charge in [0.25, 0.3) is 0 Å². The molecule has 74 valence electrons. The highest BCUT2D eigenvalue weighted by atomic mass is 14.1. The van der Waals surface area contributed by atoms with Crippen LogP contribution in [0.4, 0.5) is 0 Å². The maximum atomic E-state index is 2.39. The normalized spacial score (nSPS) is 14.9. The van der Waals surface area contributed by atoms with E-state index in [0.29, 0.717) is 0 Å². The van der Waals surface area contributed by atoms with Gasteiger partial charge in [0.05, 0.1) is 0 Å². The van der Waals surface area contributed by atoms with E-state index in [1.165, 1.54) is 42.4 Å². The Labute approximate surface area is 86.7 Å². The molecular formula is C14H18. The third-order valence-corrected chi connectivity index (χ3v) is 2.94. The number of aryl methyl sites for hydroxylation is 2. The van der Waals surface area contributed by atoms with Gasteiger partial charge in [0, 0.05) is 0 Å². The van der Waals surface area contributed by atoms with E-state index in [2.05, 4.69) is 38.1 Å². The van der Waals surface area contributed by atoms with Crippen LogP contribution < -0.4 is 0 Å². The average Bonchev–Trinajstić information content (AvgIpc) is 2.19. The lowest BCUT2D eigenvalue weighted by molar-refractivity contribution is 0.895. The first-order valence-corrected chi connectivity index (χ1v) is 5.58. The number of fused-ring (bicyclic) bond motifs is 1. The molecule has 2 rings (SSSR count). The van der Waals surface area contributed by atoms with Gasteiger partial charge in [-0.05, 0) is 42.9 Å². The first-order chi connectivity index (χ1) is 6.79. The summed E-state index contributed by atoms with van der Waals surface area (Å²) in [5.74, 6) is 0. The van der Waals surface area contributed by atoms with Crippen molar-refractivity contribution in [3.63, 3.8) is 0 Å². The number of rotatable bonds is 2. The Kier molecular flexibility index (Phi) is 2.72. The maximum Gasteiger partial charge on any atom is -0.0225 e. The lowest BCUT2D eigenvalue weighted by Crippen LogP contribution is -1.98. The second-order valence-electron chi connectivity index (χ2n) is 4.27. The van der Waals surface area contributed by atoms with Crippen molar-refractivity contribution in [2.24, 2.45) is 0 Å². The topological polar surface area (TPSA) is 0 Å². The van der Waals surface area contributed by atoms with Crippen LogP contribution in [0.1, 0.15) is 43.4 Å². The summed E-state index contributed by atoms with van der Waals surface area (Å²) in [5, 5.41) is 0. The molecule has 0 saturated carbocycles. The van der Waals surface area contributed by atoms with Gasteiger partial charge < -0.3 is 0 Å². The van der Waals surface area contributed by atoms with E-state index >= 15 is 0 Å². The fourth-order valence-corrected chi connectivity index (χ4v) is 2.13. The number of allylic oxidation sites excluding steroid dienone is 1. The highest BCUT2D eigenvalue weighted by Gasteiger charge is 2.07. The van der Waals surface area contributed by atoms with Gasteiger partial charge in [0.2, 0.25) is 0 Å². The van der Waals surface area contributed by atoms with Crippen LogP contribution in [0.2, 0.25) is 0 Å². The summed E-state index contributed by atoms with van der Waals surface area (Å²) >= 11 is 0. The second-order valence-corrected chi connectivity index (χ2v) is 4.27. The minimum atomic E-state index is 1.22. The zero-order valence-corrected chi connectivity index (χ0v) is 9.14. The van der Waals surface area contributed by atoms with Crippen molar-refractivity contribution in [2.75, 3.05) is 0 Å². The average molecular weight is 186 g/mol. The van der Waals surface area contributed by atoms with Crippen molar-refractivity contribution in [3.05, 3.63) is 40.5 Å². The van der Waals surface area contributed by atoms with Crippen molar-refractivity contribution < 1.29 is 0 Å². The molecule has 1 aliphatic carbocycles. The highest BCUT2D eigenvalue weighted by molar-refractivity contribution is 5.59. The Hall–Kier alpha value is -1.04. The predicted octanol–water partition coefficient (Wildman–Crippen LogP) is 3.99. The van der Waals surface area contributed by atoms with Crippen LogP contribution >= 0.6 is 0 Å². The zero-order chi connectivity index (χ0) is 9.97. The molecule has 0 nitrogen and oxygen atoms in total. The molecule has 1 aromatic carbocycles. The fraction of sp³-hybridized carbons (Fsp3) is 0.429. The molecule has 0 aliphatic heterocycles. The minimum absolute atomic E-state index is 1.22. The Bertz CT molecular complexity index is 358. The van der Waals surface area contributed by atoms with Crippen LogP contribution in [0.5, 0.6) is 0 Å². The predicted molar refractivity (Wildman–Crippen MR) is 62.4 cm³/mol. The molecule has 0 unspecified atom stereocenters. The Balaban J connectivity index is 2.32. The Morgan fingerprint density at radius 1 is 1.21 bits per heavy atom. The molecule has 1 aliphatic rings. The molecule has 0 bridgehead atoms. The smallest absolute Gasteiger partial charge is 0.0225 e. The van der Waals surface area contributed by atoms with Gasteiger partial charge in [-0.3, -0.25) is 0 Å². The molecular weight excluding hydrogens is 168 g/mol. The van der Waals surface area contributed by atoms with Crippen molar-refractivity contribution in [1.82, 2.24) is 0 Å². The summed E-state index contributed by atoms with van der Waals surface area (Å²) in [7, 11) is 0. The number of benzene rings is 1. The summed E-state index contributed by atoms with van der Waals surface area (Å²) in [6.07, 6.45) is 7.26. The van der Waals surface area contributed by atoms with Crippen LogP contribution in [0.15, 0.2) is 23.8 Å². The molecule has 0 amide bonds. The monoisotopic (exact) mass is 186 g/mol. The second kappa shape index (κ2) is 4.00. The van der Waals surface area contributed by atoms with E-state index in [1.807, 2.05) is 0 Å². The first-order valence-electron chi connectivity index (χ1n) is 5.58. The van der Waals surface area contributed by atoms with Crippen LogP contribution in [-0.2, 0) is 12.8 Å². The molecule has 14 heavy (non-hydrogen) atoms. The van der Waals surface area contributed by atoms with Gasteiger partial charge in [-0.1, -0.05) is 43.2 Å². The molecule has 1 aromatic rings. The first kappa shape index (κ1) is 9.51. The van der Waals surface area contributed by atoms with Crippen LogP contribution in [0.3, 0.4) is 0 Å². The van der Waals surface area contributed by atoms with Crippen molar-refractivity contribution in [2.45, 2.75) is 39.5 Å². The Morgan fingerprint density at radius 3 is 2.86 bits per heavy atom. The molecule has 0 saturated heterocycles. The molecule has 0 heterocycles. The summed E-state index contributed by atoms with van der Waals surface area (Å²) in [4.78, 5) is 0. The zero-order valence-electron chi connectivity index (χ0n) is 9.14. The van der Waals surface area contributed by atoms with E-state index in [-0.39, 0.29) is 0 Å². The molecule has 0 spiro atoms. The van der Waals surface area contributed by atoms with Crippen LogP contribution in [-0.4, -0.2) is 0 Å². The van der Waals surface area contributed by atoms with Crippen molar-refractivity contribution in [1.29, 1.82) is 0 Å². The standard InChI is InChI=1S/C14H18/c1-3-4-12-6-8-13-9-11(2)5-7-14(13)10-12/h6,8-10H,3-5,7H2,1-2H3. The molecule has 0 radical (unpaired) electrons. The van der Waals surface area contributed by atoms with E-state index < -0.39 is 0 Å². The molecule has 0 atom stereocenters. The van der Waals surface area contributed by atoms with E-state index in [1.54, 1.807) is 5.56 Å². The van der Waals surface area contributed by atoms with Gasteiger partial charge in [-0.15, -0.1) is 0 Å². The number of hydrogen-bond donors (Lipinski definition) is 0. The third kappa shape index (κ3) is 1.89. The summed E-state index contributed by atoms with van der Waals surface area (Å²) in [6.45, 7) is 4.46. The lowest BCUT2D eigenvalue weighted by atomic mass is 9.91. The van der Waals surface area contributed by atoms with E-state index in [4.69, 9.17) is 0 Å². The van der Waals surface area contributed by atoms with Gasteiger partial charge in [-0.2, -0.15) is 0 Å². The Morgan fingerprint density at radius 2 is 2.07 bits per heavy atom. The SMILES string of the molecule is CCCc1ccc2c(c1)CCC(C)=C2. The summed E-state index contributed by atoms with van der Waals surface area (Å²) in [5.41, 5.74) is 6.00. The largest absolute Gasteiger partial charge is 0.0724 e. The number of hydrogen-bond acceptors (Lipinski definition) is 0. The van der Waals surface area contributed by atoms with E-state index in [0.717, 1.165) is 0 Å². The van der Waals surface area contributed by atoms with Crippen molar-refractivity contribution >= 4 is 6.08 Å². The summed E-state index contributed by atoms with van der Waals surface area (Å²) < 4.78 is 0. The van der Waals surface area contributed by atoms with E-state index in [9.17, 15) is 0 Å². The molecule has 0 N–H and O–H groups in total. The van der Waals surface area contributed by atoms with Crippen molar-refractivity contribution in [3.8, 4) is 0 Å². The minimum Gasteiger partial charge on any atom is -0.0724 e. The molecule has 0 fully saturated rings. The van der Waals surface area contributed by atoms with Crippen LogP contribution in [0.25, 0.3) is 6.08 Å². The molecule has 0 aromatic heterocycles. The van der Waals surface area contributed by atoms with Gasteiger partial charge in [0.15, 0.2) is 0 Å². The highest BCUT2D eigenvalue weighted by Crippen LogP contribution is 2.24. The third-order valence-electron chi connectivity index (χ3n) is 2.94. The quantitative estimate of drug-likeness (QED) is 0.655. The fourth-order valence-electron chi connectivity index (χ4n) is 2.13.